The molecule has 1 aliphatic rings. The van der Waals surface area contributed by atoms with Gasteiger partial charge in [-0.2, -0.15) is 11.8 Å². The van der Waals surface area contributed by atoms with Crippen LogP contribution in [0.1, 0.15) is 58.3 Å². The molecular formula is C17H33N3O2S. The molecule has 1 aliphatic heterocycles. The lowest BCUT2D eigenvalue weighted by Gasteiger charge is -2.14. The maximum atomic E-state index is 11.2. The molecular weight excluding hydrogens is 310 g/mol. The summed E-state index contributed by atoms with van der Waals surface area (Å²) in [5.74, 6) is 2.15. The Morgan fingerprint density at radius 3 is 2.70 bits per heavy atom. The van der Waals surface area contributed by atoms with Crippen molar-refractivity contribution in [2.75, 3.05) is 32.5 Å². The molecule has 1 fully saturated rings. The Labute approximate surface area is 145 Å². The number of hydrogen-bond donors (Lipinski definition) is 2. The van der Waals surface area contributed by atoms with Gasteiger partial charge in [0, 0.05) is 31.8 Å². The van der Waals surface area contributed by atoms with Crippen LogP contribution in [0.4, 0.5) is 0 Å². The molecule has 0 aliphatic carbocycles. The van der Waals surface area contributed by atoms with E-state index in [1.807, 2.05) is 14.0 Å². The van der Waals surface area contributed by atoms with Crippen molar-refractivity contribution in [1.29, 1.82) is 0 Å². The van der Waals surface area contributed by atoms with Gasteiger partial charge in [-0.15, -0.1) is 0 Å². The monoisotopic (exact) mass is 343 g/mol. The Balaban J connectivity index is 1.91. The number of nitrogens with zero attached hydrogens (tertiary/aromatic N) is 1. The molecule has 6 heteroatoms. The molecule has 1 atom stereocenters. The molecule has 1 heterocycles. The Bertz CT molecular complexity index is 345. The molecule has 5 nitrogen and oxygen atoms in total. The SMILES string of the molecule is CCOC(=O)CCCCCCCNC(=NC)NCC1CCCS1. The highest BCUT2D eigenvalue weighted by atomic mass is 32.2. The van der Waals surface area contributed by atoms with Crippen LogP contribution in [0.15, 0.2) is 4.99 Å². The number of thioether (sulfide) groups is 1. The Hall–Kier alpha value is -0.910. The van der Waals surface area contributed by atoms with Gasteiger partial charge < -0.3 is 15.4 Å². The van der Waals surface area contributed by atoms with Crippen LogP contribution in [0.3, 0.4) is 0 Å². The zero-order chi connectivity index (χ0) is 16.8. The average molecular weight is 344 g/mol. The van der Waals surface area contributed by atoms with Gasteiger partial charge in [-0.1, -0.05) is 19.3 Å². The Morgan fingerprint density at radius 1 is 1.22 bits per heavy atom. The third kappa shape index (κ3) is 10.5. The third-order valence-electron chi connectivity index (χ3n) is 3.90. The first-order valence-corrected chi connectivity index (χ1v) is 10.0. The summed E-state index contributed by atoms with van der Waals surface area (Å²) in [4.78, 5) is 15.5. The largest absolute Gasteiger partial charge is 0.466 e. The van der Waals surface area contributed by atoms with Gasteiger partial charge in [0.05, 0.1) is 6.61 Å². The highest BCUT2D eigenvalue weighted by Crippen LogP contribution is 2.25. The maximum Gasteiger partial charge on any atom is 0.305 e. The number of carbonyl (C=O) groups excluding carboxylic acids is 1. The van der Waals surface area contributed by atoms with E-state index in [4.69, 9.17) is 4.74 Å². The van der Waals surface area contributed by atoms with Gasteiger partial charge in [0.2, 0.25) is 0 Å². The predicted molar refractivity (Wildman–Crippen MR) is 99.2 cm³/mol. The van der Waals surface area contributed by atoms with E-state index in [1.165, 1.54) is 31.4 Å². The van der Waals surface area contributed by atoms with Crippen LogP contribution in [0.2, 0.25) is 0 Å². The average Bonchev–Trinajstić information content (AvgIpc) is 3.06. The first kappa shape index (κ1) is 20.1. The highest BCUT2D eigenvalue weighted by molar-refractivity contribution is 8.00. The number of guanidine groups is 1. The predicted octanol–water partition coefficient (Wildman–Crippen LogP) is 2.95. The van der Waals surface area contributed by atoms with Crippen LogP contribution in [0, 0.1) is 0 Å². The molecule has 0 radical (unpaired) electrons. The van der Waals surface area contributed by atoms with Crippen molar-refractivity contribution in [3.8, 4) is 0 Å². The summed E-state index contributed by atoms with van der Waals surface area (Å²) in [6.45, 7) is 4.30. The van der Waals surface area contributed by atoms with E-state index in [0.717, 1.165) is 43.6 Å². The molecule has 23 heavy (non-hydrogen) atoms. The fourth-order valence-corrected chi connectivity index (χ4v) is 3.80. The second-order valence-corrected chi connectivity index (χ2v) is 7.25. The Morgan fingerprint density at radius 2 is 2.00 bits per heavy atom. The molecule has 0 bridgehead atoms. The topological polar surface area (TPSA) is 62.7 Å². The van der Waals surface area contributed by atoms with Crippen LogP contribution < -0.4 is 10.6 Å². The van der Waals surface area contributed by atoms with E-state index in [2.05, 4.69) is 27.4 Å². The summed E-state index contributed by atoms with van der Waals surface area (Å²) in [7, 11) is 1.83. The summed E-state index contributed by atoms with van der Waals surface area (Å²) in [5, 5.41) is 7.53. The number of aliphatic imine (C=N–C) groups is 1. The lowest BCUT2D eigenvalue weighted by Crippen LogP contribution is -2.40. The summed E-state index contributed by atoms with van der Waals surface area (Å²) in [5.41, 5.74) is 0. The lowest BCUT2D eigenvalue weighted by molar-refractivity contribution is -0.143. The van der Waals surface area contributed by atoms with Crippen LogP contribution >= 0.6 is 11.8 Å². The zero-order valence-electron chi connectivity index (χ0n) is 14.7. The first-order valence-electron chi connectivity index (χ1n) is 8.98. The number of hydrogen-bond acceptors (Lipinski definition) is 4. The number of carbonyl (C=O) groups is 1. The standard InChI is InChI=1S/C17H33N3O2S/c1-3-22-16(21)11-7-5-4-6-8-12-19-17(18-2)20-14-15-10-9-13-23-15/h15H,3-14H2,1-2H3,(H2,18,19,20). The van der Waals surface area contributed by atoms with Crippen LogP contribution in [0.5, 0.6) is 0 Å². The molecule has 1 rings (SSSR count). The normalized spacial score (nSPS) is 18.0. The van der Waals surface area contributed by atoms with E-state index in [-0.39, 0.29) is 5.97 Å². The van der Waals surface area contributed by atoms with Gasteiger partial charge in [0.25, 0.3) is 0 Å². The summed E-state index contributed by atoms with van der Waals surface area (Å²) in [6, 6.07) is 0. The van der Waals surface area contributed by atoms with Gasteiger partial charge >= 0.3 is 5.97 Å². The van der Waals surface area contributed by atoms with Gasteiger partial charge in [-0.05, 0) is 38.4 Å². The molecule has 134 valence electrons. The molecule has 1 unspecified atom stereocenters. The number of unbranched alkanes of at least 4 members (excludes halogenated alkanes) is 4. The van der Waals surface area contributed by atoms with Crippen LogP contribution in [0.25, 0.3) is 0 Å². The summed E-state index contributed by atoms with van der Waals surface area (Å²) < 4.78 is 4.91. The van der Waals surface area contributed by atoms with Crippen LogP contribution in [-0.2, 0) is 9.53 Å². The minimum Gasteiger partial charge on any atom is -0.466 e. The second kappa shape index (κ2) is 13.5. The molecule has 0 saturated carbocycles. The first-order chi connectivity index (χ1) is 11.3. The quantitative estimate of drug-likeness (QED) is 0.261. The van der Waals surface area contributed by atoms with E-state index < -0.39 is 0 Å². The minimum atomic E-state index is -0.0653. The molecule has 0 aromatic rings. The molecule has 0 aromatic heterocycles. The number of ether oxygens (including phenoxy) is 1. The van der Waals surface area contributed by atoms with Crippen molar-refractivity contribution in [3.05, 3.63) is 0 Å². The Kier molecular flexibility index (Phi) is 11.8. The van der Waals surface area contributed by atoms with E-state index >= 15 is 0 Å². The second-order valence-electron chi connectivity index (χ2n) is 5.84. The van der Waals surface area contributed by atoms with E-state index in [9.17, 15) is 4.79 Å². The smallest absolute Gasteiger partial charge is 0.305 e. The number of nitrogens with one attached hydrogen (secondary N) is 2. The fourth-order valence-electron chi connectivity index (χ4n) is 2.60. The van der Waals surface area contributed by atoms with Crippen molar-refractivity contribution in [3.63, 3.8) is 0 Å². The van der Waals surface area contributed by atoms with Crippen molar-refractivity contribution in [2.45, 2.75) is 63.5 Å². The lowest BCUT2D eigenvalue weighted by atomic mass is 10.1. The van der Waals surface area contributed by atoms with Gasteiger partial charge in [0.15, 0.2) is 5.96 Å². The van der Waals surface area contributed by atoms with Gasteiger partial charge in [-0.3, -0.25) is 9.79 Å². The van der Waals surface area contributed by atoms with Gasteiger partial charge in [-0.25, -0.2) is 0 Å². The molecule has 0 spiro atoms. The number of esters is 1. The third-order valence-corrected chi connectivity index (χ3v) is 5.30. The fraction of sp³-hybridized carbons (Fsp3) is 0.882. The molecule has 2 N–H and O–H groups in total. The number of rotatable bonds is 11. The van der Waals surface area contributed by atoms with Crippen molar-refractivity contribution >= 4 is 23.7 Å². The molecule has 0 aromatic carbocycles. The van der Waals surface area contributed by atoms with E-state index in [1.54, 1.807) is 0 Å². The zero-order valence-corrected chi connectivity index (χ0v) is 15.6. The summed E-state index contributed by atoms with van der Waals surface area (Å²) in [6.07, 6.45) is 8.76. The van der Waals surface area contributed by atoms with Crippen molar-refractivity contribution in [1.82, 2.24) is 10.6 Å². The maximum absolute atomic E-state index is 11.2. The molecule has 0 amide bonds. The van der Waals surface area contributed by atoms with Crippen molar-refractivity contribution < 1.29 is 9.53 Å². The van der Waals surface area contributed by atoms with E-state index in [0.29, 0.717) is 13.0 Å². The van der Waals surface area contributed by atoms with Crippen LogP contribution in [-0.4, -0.2) is 49.7 Å². The van der Waals surface area contributed by atoms with Crippen molar-refractivity contribution in [2.24, 2.45) is 4.99 Å². The minimum absolute atomic E-state index is 0.0653. The molecule has 1 saturated heterocycles. The van der Waals surface area contributed by atoms with Gasteiger partial charge in [0.1, 0.15) is 0 Å². The highest BCUT2D eigenvalue weighted by Gasteiger charge is 2.15. The summed E-state index contributed by atoms with van der Waals surface area (Å²) >= 11 is 2.06.